The van der Waals surface area contributed by atoms with Crippen molar-refractivity contribution in [1.29, 1.82) is 0 Å². The van der Waals surface area contributed by atoms with Crippen LogP contribution in [0.4, 0.5) is 0 Å². The van der Waals surface area contributed by atoms with Gasteiger partial charge in [0.1, 0.15) is 16.2 Å². The molecule has 0 atom stereocenters. The van der Waals surface area contributed by atoms with Gasteiger partial charge in [-0.2, -0.15) is 0 Å². The number of rotatable bonds is 5. The molecule has 21 heavy (non-hydrogen) atoms. The summed E-state index contributed by atoms with van der Waals surface area (Å²) in [6.45, 7) is 4.78. The molecule has 0 unspecified atom stereocenters. The molecule has 2 aromatic rings. The molecule has 1 aliphatic carbocycles. The molecular weight excluding hydrogens is 282 g/mol. The van der Waals surface area contributed by atoms with Crippen molar-refractivity contribution in [3.63, 3.8) is 0 Å². The number of hydrogen-bond acceptors (Lipinski definition) is 4. The van der Waals surface area contributed by atoms with E-state index in [9.17, 15) is 0 Å². The third-order valence-electron chi connectivity index (χ3n) is 3.61. The fourth-order valence-corrected chi connectivity index (χ4v) is 2.44. The second-order valence-corrected chi connectivity index (χ2v) is 5.85. The average Bonchev–Trinajstić information content (AvgIpc) is 3.33. The number of nitrogens with one attached hydrogen (secondary N) is 1. The Kier molecular flexibility index (Phi) is 4.01. The van der Waals surface area contributed by atoms with Crippen LogP contribution in [-0.4, -0.2) is 21.6 Å². The lowest BCUT2D eigenvalue weighted by Gasteiger charge is -2.11. The summed E-state index contributed by atoms with van der Waals surface area (Å²) in [5, 5.41) is 0. The van der Waals surface area contributed by atoms with Gasteiger partial charge in [0.05, 0.1) is 18.5 Å². The minimum absolute atomic E-state index is 0.540. The lowest BCUT2D eigenvalue weighted by atomic mass is 10.1. The molecule has 0 spiro atoms. The van der Waals surface area contributed by atoms with E-state index < -0.39 is 0 Å². The molecule has 0 bridgehead atoms. The van der Waals surface area contributed by atoms with Crippen molar-refractivity contribution in [1.82, 2.24) is 15.0 Å². The second kappa shape index (κ2) is 5.93. The molecule has 1 aliphatic rings. The Morgan fingerprint density at radius 3 is 2.90 bits per heavy atom. The summed E-state index contributed by atoms with van der Waals surface area (Å²) in [6, 6.07) is 2.01. The van der Waals surface area contributed by atoms with Gasteiger partial charge in [0, 0.05) is 23.2 Å². The molecule has 1 fully saturated rings. The maximum absolute atomic E-state index is 5.66. The van der Waals surface area contributed by atoms with Gasteiger partial charge in [0.2, 0.25) is 0 Å². The first-order valence-corrected chi connectivity index (χ1v) is 7.79. The largest absolute Gasteiger partial charge is 0.492 e. The SMILES string of the molecule is CCCOc1cncc(-c2[nH]c(C3CC3)nc(=S)c2C)c1. The van der Waals surface area contributed by atoms with E-state index in [1.165, 1.54) is 12.8 Å². The monoisotopic (exact) mass is 301 g/mol. The number of aromatic nitrogens is 3. The summed E-state index contributed by atoms with van der Waals surface area (Å²) in [5.74, 6) is 2.33. The molecule has 0 saturated heterocycles. The number of ether oxygens (including phenoxy) is 1. The Bertz CT molecular complexity index is 707. The lowest BCUT2D eigenvalue weighted by Crippen LogP contribution is -2.00. The number of pyridine rings is 1. The Morgan fingerprint density at radius 2 is 2.19 bits per heavy atom. The van der Waals surface area contributed by atoms with Gasteiger partial charge in [0.25, 0.3) is 0 Å². The van der Waals surface area contributed by atoms with Crippen LogP contribution >= 0.6 is 12.2 Å². The molecule has 0 aromatic carbocycles. The Hall–Kier alpha value is -1.75. The van der Waals surface area contributed by atoms with Crippen LogP contribution in [0.5, 0.6) is 5.75 Å². The van der Waals surface area contributed by atoms with Gasteiger partial charge >= 0.3 is 0 Å². The van der Waals surface area contributed by atoms with E-state index in [1.54, 1.807) is 6.20 Å². The highest BCUT2D eigenvalue weighted by Gasteiger charge is 2.26. The van der Waals surface area contributed by atoms with Gasteiger partial charge in [0.15, 0.2) is 0 Å². The van der Waals surface area contributed by atoms with Crippen LogP contribution in [0.3, 0.4) is 0 Å². The quantitative estimate of drug-likeness (QED) is 0.842. The van der Waals surface area contributed by atoms with Crippen molar-refractivity contribution in [2.75, 3.05) is 6.61 Å². The zero-order valence-corrected chi connectivity index (χ0v) is 13.2. The smallest absolute Gasteiger partial charge is 0.138 e. The topological polar surface area (TPSA) is 50.8 Å². The number of nitrogens with zero attached hydrogens (tertiary/aromatic N) is 2. The Balaban J connectivity index is 2.01. The molecule has 0 radical (unpaired) electrons. The maximum Gasteiger partial charge on any atom is 0.138 e. The molecule has 3 rings (SSSR count). The molecular formula is C16H19N3OS. The van der Waals surface area contributed by atoms with Gasteiger partial charge in [-0.15, -0.1) is 0 Å². The van der Waals surface area contributed by atoms with E-state index in [0.29, 0.717) is 17.2 Å². The van der Waals surface area contributed by atoms with Gasteiger partial charge in [-0.1, -0.05) is 19.1 Å². The summed E-state index contributed by atoms with van der Waals surface area (Å²) in [5.41, 5.74) is 2.99. The summed E-state index contributed by atoms with van der Waals surface area (Å²) in [7, 11) is 0. The van der Waals surface area contributed by atoms with Gasteiger partial charge < -0.3 is 9.72 Å². The average molecular weight is 301 g/mol. The fourth-order valence-electron chi connectivity index (χ4n) is 2.24. The fraction of sp³-hybridized carbons (Fsp3) is 0.438. The first-order valence-electron chi connectivity index (χ1n) is 7.38. The third-order valence-corrected chi connectivity index (χ3v) is 4.01. The Labute approximate surface area is 129 Å². The van der Waals surface area contributed by atoms with Crippen LogP contribution in [0.15, 0.2) is 18.5 Å². The minimum atomic E-state index is 0.540. The normalized spacial score (nSPS) is 14.2. The molecule has 2 heterocycles. The van der Waals surface area contributed by atoms with Gasteiger partial charge in [-0.25, -0.2) is 4.98 Å². The zero-order chi connectivity index (χ0) is 14.8. The van der Waals surface area contributed by atoms with E-state index in [2.05, 4.69) is 21.9 Å². The molecule has 110 valence electrons. The number of H-pyrrole nitrogens is 1. The minimum Gasteiger partial charge on any atom is -0.492 e. The van der Waals surface area contributed by atoms with E-state index in [1.807, 2.05) is 19.2 Å². The molecule has 0 aliphatic heterocycles. The predicted molar refractivity (Wildman–Crippen MR) is 85.2 cm³/mol. The Morgan fingerprint density at radius 1 is 1.38 bits per heavy atom. The van der Waals surface area contributed by atoms with Crippen molar-refractivity contribution in [2.24, 2.45) is 0 Å². The van der Waals surface area contributed by atoms with Crippen molar-refractivity contribution >= 4 is 12.2 Å². The molecule has 1 saturated carbocycles. The summed E-state index contributed by atoms with van der Waals surface area (Å²) in [6.07, 6.45) is 6.94. The molecule has 1 N–H and O–H groups in total. The van der Waals surface area contributed by atoms with Gasteiger partial charge in [-0.3, -0.25) is 4.98 Å². The summed E-state index contributed by atoms with van der Waals surface area (Å²) >= 11 is 5.40. The third kappa shape index (κ3) is 3.13. The van der Waals surface area contributed by atoms with Crippen LogP contribution < -0.4 is 4.74 Å². The van der Waals surface area contributed by atoms with Crippen molar-refractivity contribution in [3.8, 4) is 17.0 Å². The zero-order valence-electron chi connectivity index (χ0n) is 12.3. The predicted octanol–water partition coefficient (Wildman–Crippen LogP) is 4.18. The highest BCUT2D eigenvalue weighted by Crippen LogP contribution is 2.39. The van der Waals surface area contributed by atoms with E-state index in [-0.39, 0.29) is 0 Å². The van der Waals surface area contributed by atoms with Gasteiger partial charge in [-0.05, 0) is 32.3 Å². The first kappa shape index (κ1) is 14.2. The van der Waals surface area contributed by atoms with Crippen LogP contribution in [0.2, 0.25) is 0 Å². The second-order valence-electron chi connectivity index (χ2n) is 5.46. The van der Waals surface area contributed by atoms with Crippen LogP contribution in [0.1, 0.15) is 43.5 Å². The molecule has 5 heteroatoms. The summed E-state index contributed by atoms with van der Waals surface area (Å²) in [4.78, 5) is 12.2. The van der Waals surface area contributed by atoms with Crippen LogP contribution in [0, 0.1) is 11.6 Å². The van der Waals surface area contributed by atoms with Crippen molar-refractivity contribution in [3.05, 3.63) is 34.5 Å². The maximum atomic E-state index is 5.66. The standard InChI is InChI=1S/C16H19N3OS/c1-3-6-20-13-7-12(8-17-9-13)14-10(2)16(21)19-15(18-14)11-4-5-11/h7-9,11H,3-6H2,1-2H3,(H,18,19,21). The molecule has 0 amide bonds. The van der Waals surface area contributed by atoms with Crippen LogP contribution in [-0.2, 0) is 0 Å². The van der Waals surface area contributed by atoms with Crippen molar-refractivity contribution in [2.45, 2.75) is 39.0 Å². The number of hydrogen-bond donors (Lipinski definition) is 1. The van der Waals surface area contributed by atoms with E-state index >= 15 is 0 Å². The highest BCUT2D eigenvalue weighted by atomic mass is 32.1. The van der Waals surface area contributed by atoms with Crippen molar-refractivity contribution < 1.29 is 4.74 Å². The highest BCUT2D eigenvalue weighted by molar-refractivity contribution is 7.71. The first-order chi connectivity index (χ1) is 10.2. The summed E-state index contributed by atoms with van der Waals surface area (Å²) < 4.78 is 6.33. The lowest BCUT2D eigenvalue weighted by molar-refractivity contribution is 0.316. The van der Waals surface area contributed by atoms with E-state index in [0.717, 1.165) is 34.8 Å². The van der Waals surface area contributed by atoms with E-state index in [4.69, 9.17) is 17.0 Å². The van der Waals surface area contributed by atoms with Crippen LogP contribution in [0.25, 0.3) is 11.3 Å². The molecule has 2 aromatic heterocycles. The molecule has 4 nitrogen and oxygen atoms in total. The number of aromatic amines is 1.